The standard InChI is InChI=1S/C18H22N4O/c23-17(21-9-5-18(6-10-21)4-7-19-13-18)15-2-1-3-16(12-15)22-11-8-20-14-22/h1-3,8,11-12,14,19H,4-7,9-10,13H2. The summed E-state index contributed by atoms with van der Waals surface area (Å²) < 4.78 is 1.92. The van der Waals surface area contributed by atoms with E-state index in [0.717, 1.165) is 50.3 Å². The Bertz CT molecular complexity index is 679. The van der Waals surface area contributed by atoms with Crippen LogP contribution in [0.4, 0.5) is 0 Å². The lowest BCUT2D eigenvalue weighted by atomic mass is 9.78. The fourth-order valence-electron chi connectivity index (χ4n) is 3.80. The van der Waals surface area contributed by atoms with Crippen molar-refractivity contribution >= 4 is 5.91 Å². The number of carbonyl (C=O) groups is 1. The number of hydrogen-bond donors (Lipinski definition) is 1. The summed E-state index contributed by atoms with van der Waals surface area (Å²) in [5.74, 6) is 0.146. The van der Waals surface area contributed by atoms with Crippen molar-refractivity contribution in [1.29, 1.82) is 0 Å². The van der Waals surface area contributed by atoms with Crippen LogP contribution in [0.1, 0.15) is 29.6 Å². The fraction of sp³-hybridized carbons (Fsp3) is 0.444. The Labute approximate surface area is 136 Å². The highest BCUT2D eigenvalue weighted by molar-refractivity contribution is 5.94. The van der Waals surface area contributed by atoms with Gasteiger partial charge in [0, 0.05) is 43.3 Å². The van der Waals surface area contributed by atoms with Gasteiger partial charge < -0.3 is 14.8 Å². The molecule has 5 heteroatoms. The van der Waals surface area contributed by atoms with Crippen molar-refractivity contribution in [1.82, 2.24) is 19.8 Å². The molecule has 3 heterocycles. The Hall–Kier alpha value is -2.14. The minimum absolute atomic E-state index is 0.146. The highest BCUT2D eigenvalue weighted by Crippen LogP contribution is 2.37. The number of likely N-dealkylation sites (tertiary alicyclic amines) is 1. The van der Waals surface area contributed by atoms with Gasteiger partial charge in [0.1, 0.15) is 0 Å². The lowest BCUT2D eigenvalue weighted by molar-refractivity contribution is 0.0607. The summed E-state index contributed by atoms with van der Waals surface area (Å²) >= 11 is 0. The molecule has 120 valence electrons. The summed E-state index contributed by atoms with van der Waals surface area (Å²) in [4.78, 5) is 18.9. The summed E-state index contributed by atoms with van der Waals surface area (Å²) in [5, 5.41) is 3.47. The van der Waals surface area contributed by atoms with Crippen LogP contribution < -0.4 is 5.32 Å². The number of amides is 1. The van der Waals surface area contributed by atoms with Crippen molar-refractivity contribution in [2.24, 2.45) is 5.41 Å². The maximum atomic E-state index is 12.8. The van der Waals surface area contributed by atoms with E-state index in [1.54, 1.807) is 12.5 Å². The second-order valence-electron chi connectivity index (χ2n) is 6.74. The van der Waals surface area contributed by atoms with Gasteiger partial charge in [-0.2, -0.15) is 0 Å². The Balaban J connectivity index is 1.48. The second kappa shape index (κ2) is 5.81. The van der Waals surface area contributed by atoms with E-state index in [1.165, 1.54) is 6.42 Å². The number of nitrogens with one attached hydrogen (secondary N) is 1. The topological polar surface area (TPSA) is 50.2 Å². The first kappa shape index (κ1) is 14.5. The molecule has 5 nitrogen and oxygen atoms in total. The highest BCUT2D eigenvalue weighted by atomic mass is 16.2. The molecule has 1 aromatic heterocycles. The third kappa shape index (κ3) is 2.77. The van der Waals surface area contributed by atoms with Crippen molar-refractivity contribution < 1.29 is 4.79 Å². The zero-order valence-electron chi connectivity index (χ0n) is 13.2. The van der Waals surface area contributed by atoms with Crippen molar-refractivity contribution in [3.63, 3.8) is 0 Å². The van der Waals surface area contributed by atoms with Crippen LogP contribution in [0.3, 0.4) is 0 Å². The lowest BCUT2D eigenvalue weighted by Gasteiger charge is -2.39. The molecule has 4 rings (SSSR count). The zero-order valence-corrected chi connectivity index (χ0v) is 13.2. The number of piperidine rings is 1. The maximum Gasteiger partial charge on any atom is 0.253 e. The monoisotopic (exact) mass is 310 g/mol. The Kier molecular flexibility index (Phi) is 3.65. The molecule has 2 aromatic rings. The Morgan fingerprint density at radius 1 is 1.22 bits per heavy atom. The first-order valence-electron chi connectivity index (χ1n) is 8.34. The summed E-state index contributed by atoms with van der Waals surface area (Å²) in [6.45, 7) is 3.98. The number of aromatic nitrogens is 2. The van der Waals surface area contributed by atoms with Crippen molar-refractivity contribution in [2.45, 2.75) is 19.3 Å². The summed E-state index contributed by atoms with van der Waals surface area (Å²) in [6.07, 6.45) is 8.88. The van der Waals surface area contributed by atoms with Crippen LogP contribution in [-0.2, 0) is 0 Å². The molecule has 2 aliphatic rings. The third-order valence-corrected chi connectivity index (χ3v) is 5.34. The van der Waals surface area contributed by atoms with E-state index in [4.69, 9.17) is 0 Å². The number of benzene rings is 1. The summed E-state index contributed by atoms with van der Waals surface area (Å²) in [7, 11) is 0. The van der Waals surface area contributed by atoms with Gasteiger partial charge in [-0.25, -0.2) is 4.98 Å². The lowest BCUT2D eigenvalue weighted by Crippen LogP contribution is -2.44. The van der Waals surface area contributed by atoms with Crippen molar-refractivity contribution in [3.8, 4) is 5.69 Å². The first-order chi connectivity index (χ1) is 11.3. The average molecular weight is 310 g/mol. The van der Waals surface area contributed by atoms with Crippen LogP contribution in [0.15, 0.2) is 43.0 Å². The molecule has 0 saturated carbocycles. The minimum atomic E-state index is 0.146. The largest absolute Gasteiger partial charge is 0.339 e. The quantitative estimate of drug-likeness (QED) is 0.924. The van der Waals surface area contributed by atoms with E-state index < -0.39 is 0 Å². The van der Waals surface area contributed by atoms with Gasteiger partial charge in [0.2, 0.25) is 0 Å². The van der Waals surface area contributed by atoms with Crippen LogP contribution >= 0.6 is 0 Å². The molecular weight excluding hydrogens is 288 g/mol. The molecule has 0 radical (unpaired) electrons. The van der Waals surface area contributed by atoms with Crippen LogP contribution in [0.2, 0.25) is 0 Å². The molecule has 0 aliphatic carbocycles. The van der Waals surface area contributed by atoms with Gasteiger partial charge in [0.25, 0.3) is 5.91 Å². The molecule has 2 aliphatic heterocycles. The molecule has 1 aromatic carbocycles. The van der Waals surface area contributed by atoms with E-state index in [0.29, 0.717) is 5.41 Å². The molecule has 1 amide bonds. The minimum Gasteiger partial charge on any atom is -0.339 e. The predicted molar refractivity (Wildman–Crippen MR) is 88.6 cm³/mol. The van der Waals surface area contributed by atoms with Gasteiger partial charge in [-0.3, -0.25) is 4.79 Å². The van der Waals surface area contributed by atoms with Crippen LogP contribution in [0.5, 0.6) is 0 Å². The summed E-state index contributed by atoms with van der Waals surface area (Å²) in [5.41, 5.74) is 2.17. The van der Waals surface area contributed by atoms with Crippen molar-refractivity contribution in [3.05, 3.63) is 48.5 Å². The van der Waals surface area contributed by atoms with Crippen LogP contribution in [-0.4, -0.2) is 46.5 Å². The molecule has 2 fully saturated rings. The Morgan fingerprint density at radius 2 is 2.09 bits per heavy atom. The number of rotatable bonds is 2. The van der Waals surface area contributed by atoms with Crippen molar-refractivity contribution in [2.75, 3.05) is 26.2 Å². The maximum absolute atomic E-state index is 12.8. The van der Waals surface area contributed by atoms with Gasteiger partial charge >= 0.3 is 0 Å². The highest BCUT2D eigenvalue weighted by Gasteiger charge is 2.38. The van der Waals surface area contributed by atoms with E-state index >= 15 is 0 Å². The smallest absolute Gasteiger partial charge is 0.253 e. The SMILES string of the molecule is O=C(c1cccc(-n2ccnc2)c1)N1CCC2(CCNC2)CC1. The molecule has 0 unspecified atom stereocenters. The number of imidazole rings is 1. The van der Waals surface area contributed by atoms with Gasteiger partial charge in [-0.1, -0.05) is 6.07 Å². The van der Waals surface area contributed by atoms with Crippen LogP contribution in [0, 0.1) is 5.41 Å². The van der Waals surface area contributed by atoms with E-state index in [-0.39, 0.29) is 5.91 Å². The molecule has 0 atom stereocenters. The molecule has 23 heavy (non-hydrogen) atoms. The Morgan fingerprint density at radius 3 is 2.78 bits per heavy atom. The molecular formula is C18H22N4O. The molecule has 2 saturated heterocycles. The summed E-state index contributed by atoms with van der Waals surface area (Å²) in [6, 6.07) is 7.79. The number of hydrogen-bond acceptors (Lipinski definition) is 3. The number of nitrogens with zero attached hydrogens (tertiary/aromatic N) is 3. The number of carbonyl (C=O) groups excluding carboxylic acids is 1. The predicted octanol–water partition coefficient (Wildman–Crippen LogP) is 2.09. The third-order valence-electron chi connectivity index (χ3n) is 5.34. The van der Waals surface area contributed by atoms with Gasteiger partial charge in [0.15, 0.2) is 0 Å². The van der Waals surface area contributed by atoms with E-state index in [2.05, 4.69) is 10.3 Å². The zero-order chi connectivity index (χ0) is 15.7. The molecule has 1 N–H and O–H groups in total. The van der Waals surface area contributed by atoms with E-state index in [1.807, 2.05) is 39.9 Å². The van der Waals surface area contributed by atoms with Gasteiger partial charge in [0.05, 0.1) is 6.33 Å². The normalized spacial score (nSPS) is 20.1. The fourth-order valence-corrected chi connectivity index (χ4v) is 3.80. The molecule has 0 bridgehead atoms. The van der Waals surface area contributed by atoms with Gasteiger partial charge in [-0.05, 0) is 49.4 Å². The first-order valence-corrected chi connectivity index (χ1v) is 8.34. The average Bonchev–Trinajstić information content (AvgIpc) is 3.28. The van der Waals surface area contributed by atoms with E-state index in [9.17, 15) is 4.79 Å². The van der Waals surface area contributed by atoms with Gasteiger partial charge in [-0.15, -0.1) is 0 Å². The molecule has 1 spiro atoms. The van der Waals surface area contributed by atoms with Crippen LogP contribution in [0.25, 0.3) is 5.69 Å². The second-order valence-corrected chi connectivity index (χ2v) is 6.74.